The summed E-state index contributed by atoms with van der Waals surface area (Å²) in [4.78, 5) is 11.8. The summed E-state index contributed by atoms with van der Waals surface area (Å²) in [5, 5.41) is 2.74. The van der Waals surface area contributed by atoms with Gasteiger partial charge in [0.2, 0.25) is 5.91 Å². The molecule has 0 aromatic heterocycles. The number of para-hydroxylation sites is 1. The first-order chi connectivity index (χ1) is 10.6. The maximum atomic E-state index is 12.0. The Labute approximate surface area is 131 Å². The molecule has 0 unspecified atom stereocenters. The number of rotatable bonds is 7. The zero-order valence-electron chi connectivity index (χ0n) is 12.2. The van der Waals surface area contributed by atoms with Crippen LogP contribution in [0.2, 0.25) is 0 Å². The molecule has 1 N–H and O–H groups in total. The van der Waals surface area contributed by atoms with Crippen molar-refractivity contribution in [2.45, 2.75) is 18.6 Å². The van der Waals surface area contributed by atoms with Gasteiger partial charge in [0.1, 0.15) is 0 Å². The number of amides is 1. The van der Waals surface area contributed by atoms with E-state index in [-0.39, 0.29) is 23.8 Å². The molecule has 0 aliphatic rings. The average molecular weight is 317 g/mol. The fourth-order valence-corrected chi connectivity index (χ4v) is 3.53. The maximum absolute atomic E-state index is 12.0. The van der Waals surface area contributed by atoms with E-state index in [1.807, 2.05) is 36.4 Å². The molecule has 0 bridgehead atoms. The van der Waals surface area contributed by atoms with E-state index in [4.69, 9.17) is 0 Å². The van der Waals surface area contributed by atoms with Gasteiger partial charge in [-0.05, 0) is 24.1 Å². The number of anilines is 1. The van der Waals surface area contributed by atoms with E-state index in [0.29, 0.717) is 6.42 Å². The van der Waals surface area contributed by atoms with Gasteiger partial charge in [-0.2, -0.15) is 0 Å². The minimum atomic E-state index is -3.18. The third-order valence-electron chi connectivity index (χ3n) is 3.15. The summed E-state index contributed by atoms with van der Waals surface area (Å²) in [5.41, 5.74) is 1.50. The van der Waals surface area contributed by atoms with Crippen LogP contribution in [0, 0.1) is 0 Å². The van der Waals surface area contributed by atoms with Gasteiger partial charge in [-0.1, -0.05) is 48.5 Å². The molecule has 0 radical (unpaired) electrons. The topological polar surface area (TPSA) is 63.2 Å². The van der Waals surface area contributed by atoms with Gasteiger partial charge < -0.3 is 5.32 Å². The molecule has 22 heavy (non-hydrogen) atoms. The van der Waals surface area contributed by atoms with Crippen molar-refractivity contribution in [3.8, 4) is 0 Å². The van der Waals surface area contributed by atoms with E-state index in [1.165, 1.54) is 0 Å². The van der Waals surface area contributed by atoms with Gasteiger partial charge in [-0.3, -0.25) is 4.79 Å². The second-order valence-corrected chi connectivity index (χ2v) is 7.28. The second kappa shape index (κ2) is 7.75. The Morgan fingerprint density at radius 3 is 2.14 bits per heavy atom. The highest BCUT2D eigenvalue weighted by Gasteiger charge is 2.13. The molecule has 0 heterocycles. The lowest BCUT2D eigenvalue weighted by atomic mass is 10.2. The predicted molar refractivity (Wildman–Crippen MR) is 88.2 cm³/mol. The van der Waals surface area contributed by atoms with Crippen LogP contribution in [0.3, 0.4) is 0 Å². The number of sulfone groups is 1. The van der Waals surface area contributed by atoms with Gasteiger partial charge in [-0.25, -0.2) is 8.42 Å². The van der Waals surface area contributed by atoms with Gasteiger partial charge >= 0.3 is 0 Å². The quantitative estimate of drug-likeness (QED) is 0.854. The van der Waals surface area contributed by atoms with E-state index in [1.54, 1.807) is 24.3 Å². The van der Waals surface area contributed by atoms with Crippen LogP contribution in [0.15, 0.2) is 60.7 Å². The highest BCUT2D eigenvalue weighted by atomic mass is 32.2. The normalized spacial score (nSPS) is 11.1. The third-order valence-corrected chi connectivity index (χ3v) is 4.83. The van der Waals surface area contributed by atoms with Crippen molar-refractivity contribution in [1.29, 1.82) is 0 Å². The lowest BCUT2D eigenvalue weighted by Crippen LogP contribution is -2.15. The Hall–Kier alpha value is -2.14. The molecule has 5 heteroatoms. The van der Waals surface area contributed by atoms with Crippen molar-refractivity contribution in [2.75, 3.05) is 11.1 Å². The molecular formula is C17H19NO3S. The lowest BCUT2D eigenvalue weighted by molar-refractivity contribution is -0.116. The van der Waals surface area contributed by atoms with Crippen LogP contribution in [0.4, 0.5) is 5.69 Å². The molecule has 2 rings (SSSR count). The summed E-state index contributed by atoms with van der Waals surface area (Å²) in [5.74, 6) is -0.126. The summed E-state index contributed by atoms with van der Waals surface area (Å²) in [7, 11) is -3.18. The van der Waals surface area contributed by atoms with E-state index in [0.717, 1.165) is 11.3 Å². The lowest BCUT2D eigenvalue weighted by Gasteiger charge is -2.06. The summed E-state index contributed by atoms with van der Waals surface area (Å²) in [6.07, 6.45) is 0.525. The first-order valence-electron chi connectivity index (χ1n) is 7.14. The van der Waals surface area contributed by atoms with Crippen LogP contribution >= 0.6 is 0 Å². The largest absolute Gasteiger partial charge is 0.326 e. The number of benzene rings is 2. The summed E-state index contributed by atoms with van der Waals surface area (Å²) < 4.78 is 24.0. The SMILES string of the molecule is O=C(CCCS(=O)(=O)Cc1ccccc1)Nc1ccccc1. The fraction of sp³-hybridized carbons (Fsp3) is 0.235. The molecule has 116 valence electrons. The number of hydrogen-bond donors (Lipinski definition) is 1. The second-order valence-electron chi connectivity index (χ2n) is 5.10. The van der Waals surface area contributed by atoms with Gasteiger partial charge in [0.25, 0.3) is 0 Å². The Morgan fingerprint density at radius 2 is 1.50 bits per heavy atom. The van der Waals surface area contributed by atoms with E-state index >= 15 is 0 Å². The minimum Gasteiger partial charge on any atom is -0.326 e. The smallest absolute Gasteiger partial charge is 0.224 e. The number of nitrogens with one attached hydrogen (secondary N) is 1. The molecule has 0 saturated carbocycles. The molecule has 1 amide bonds. The van der Waals surface area contributed by atoms with Crippen molar-refractivity contribution in [3.63, 3.8) is 0 Å². The van der Waals surface area contributed by atoms with Crippen LogP contribution in [0.1, 0.15) is 18.4 Å². The average Bonchev–Trinajstić information content (AvgIpc) is 2.48. The standard InChI is InChI=1S/C17H19NO3S/c19-17(18-16-10-5-2-6-11-16)12-7-13-22(20,21)14-15-8-3-1-4-9-15/h1-6,8-11H,7,12-14H2,(H,18,19). The molecule has 4 nitrogen and oxygen atoms in total. The highest BCUT2D eigenvalue weighted by molar-refractivity contribution is 7.90. The first-order valence-corrected chi connectivity index (χ1v) is 8.96. The van der Waals surface area contributed by atoms with Crippen LogP contribution in [-0.2, 0) is 20.4 Å². The Morgan fingerprint density at radius 1 is 0.909 bits per heavy atom. The van der Waals surface area contributed by atoms with Crippen LogP contribution in [0.25, 0.3) is 0 Å². The van der Waals surface area contributed by atoms with Crippen molar-refractivity contribution < 1.29 is 13.2 Å². The maximum Gasteiger partial charge on any atom is 0.224 e. The molecule has 0 aliphatic carbocycles. The number of carbonyl (C=O) groups excluding carboxylic acids is 1. The molecule has 0 spiro atoms. The number of hydrogen-bond acceptors (Lipinski definition) is 3. The third kappa shape index (κ3) is 5.69. The van der Waals surface area contributed by atoms with Crippen molar-refractivity contribution in [1.82, 2.24) is 0 Å². The molecule has 0 saturated heterocycles. The minimum absolute atomic E-state index is 0.0180. The molecule has 2 aromatic rings. The van der Waals surface area contributed by atoms with Crippen molar-refractivity contribution >= 4 is 21.4 Å². The van der Waals surface area contributed by atoms with Gasteiger partial charge in [-0.15, -0.1) is 0 Å². The zero-order chi connectivity index (χ0) is 15.8. The number of carbonyl (C=O) groups is 1. The van der Waals surface area contributed by atoms with Gasteiger partial charge in [0, 0.05) is 12.1 Å². The summed E-state index contributed by atoms with van der Waals surface area (Å²) in [6.45, 7) is 0. The highest BCUT2D eigenvalue weighted by Crippen LogP contribution is 2.10. The molecule has 0 atom stereocenters. The zero-order valence-corrected chi connectivity index (χ0v) is 13.1. The fourth-order valence-electron chi connectivity index (χ4n) is 2.10. The van der Waals surface area contributed by atoms with E-state index in [9.17, 15) is 13.2 Å². The van der Waals surface area contributed by atoms with Crippen LogP contribution < -0.4 is 5.32 Å². The van der Waals surface area contributed by atoms with Gasteiger partial charge in [0.05, 0.1) is 11.5 Å². The van der Waals surface area contributed by atoms with Gasteiger partial charge in [0.15, 0.2) is 9.84 Å². The first kappa shape index (κ1) is 16.2. The van der Waals surface area contributed by atoms with Crippen LogP contribution in [-0.4, -0.2) is 20.1 Å². The Balaban J connectivity index is 1.76. The Bertz CT molecular complexity index is 697. The summed E-state index contributed by atoms with van der Waals surface area (Å²) in [6, 6.07) is 18.2. The molecule has 0 aliphatic heterocycles. The van der Waals surface area contributed by atoms with Crippen LogP contribution in [0.5, 0.6) is 0 Å². The van der Waals surface area contributed by atoms with Crippen molar-refractivity contribution in [3.05, 3.63) is 66.2 Å². The molecular weight excluding hydrogens is 298 g/mol. The predicted octanol–water partition coefficient (Wildman–Crippen LogP) is 3.02. The molecule has 2 aromatic carbocycles. The van der Waals surface area contributed by atoms with Crippen molar-refractivity contribution in [2.24, 2.45) is 0 Å². The molecule has 0 fully saturated rings. The Kier molecular flexibility index (Phi) is 5.72. The summed E-state index contributed by atoms with van der Waals surface area (Å²) >= 11 is 0. The van der Waals surface area contributed by atoms with E-state index in [2.05, 4.69) is 5.32 Å². The van der Waals surface area contributed by atoms with E-state index < -0.39 is 9.84 Å². The monoisotopic (exact) mass is 317 g/mol.